The fraction of sp³-hybridized carbons (Fsp3) is 0.200. The van der Waals surface area contributed by atoms with Crippen LogP contribution in [0.5, 0.6) is 5.75 Å². The monoisotopic (exact) mass is 325 g/mol. The fourth-order valence-electron chi connectivity index (χ4n) is 1.94. The zero-order valence-electron chi connectivity index (χ0n) is 11.5. The second-order valence-corrected chi connectivity index (χ2v) is 6.60. The summed E-state index contributed by atoms with van der Waals surface area (Å²) in [6.07, 6.45) is 0.564. The molecule has 2 rings (SSSR count). The van der Waals surface area contributed by atoms with E-state index in [1.807, 2.05) is 18.2 Å². The summed E-state index contributed by atoms with van der Waals surface area (Å²) in [7, 11) is -2.15. The smallest absolute Gasteiger partial charge is 0.244 e. The molecule has 0 unspecified atom stereocenters. The van der Waals surface area contributed by atoms with E-state index in [4.69, 9.17) is 16.3 Å². The van der Waals surface area contributed by atoms with E-state index in [0.29, 0.717) is 23.7 Å². The summed E-state index contributed by atoms with van der Waals surface area (Å²) in [6.45, 7) is 0.292. The van der Waals surface area contributed by atoms with E-state index >= 15 is 0 Å². The van der Waals surface area contributed by atoms with Crippen LogP contribution in [-0.4, -0.2) is 22.1 Å². The highest BCUT2D eigenvalue weighted by Gasteiger charge is 2.18. The second kappa shape index (κ2) is 6.93. The first-order chi connectivity index (χ1) is 10.0. The Balaban J connectivity index is 2.05. The predicted molar refractivity (Wildman–Crippen MR) is 83.3 cm³/mol. The number of ether oxygens (including phenoxy) is 1. The second-order valence-electron chi connectivity index (χ2n) is 4.43. The molecule has 0 heterocycles. The van der Waals surface area contributed by atoms with Gasteiger partial charge in [0.05, 0.1) is 7.11 Å². The Morgan fingerprint density at radius 2 is 1.90 bits per heavy atom. The molecule has 0 radical (unpaired) electrons. The van der Waals surface area contributed by atoms with Gasteiger partial charge in [0.25, 0.3) is 0 Å². The Morgan fingerprint density at radius 1 is 1.14 bits per heavy atom. The van der Waals surface area contributed by atoms with Gasteiger partial charge >= 0.3 is 0 Å². The lowest BCUT2D eigenvalue weighted by Gasteiger charge is -2.10. The normalized spacial score (nSPS) is 11.3. The highest BCUT2D eigenvalue weighted by Crippen LogP contribution is 2.22. The molecule has 0 fully saturated rings. The zero-order valence-corrected chi connectivity index (χ0v) is 13.1. The largest absolute Gasteiger partial charge is 0.495 e. The van der Waals surface area contributed by atoms with Crippen molar-refractivity contribution >= 4 is 21.6 Å². The van der Waals surface area contributed by atoms with Gasteiger partial charge in [-0.1, -0.05) is 35.9 Å². The minimum absolute atomic E-state index is 0.138. The average Bonchev–Trinajstić information content (AvgIpc) is 2.47. The van der Waals surface area contributed by atoms with Crippen LogP contribution in [0, 0.1) is 0 Å². The lowest BCUT2D eigenvalue weighted by molar-refractivity contribution is 0.402. The number of halogens is 1. The number of nitrogens with one attached hydrogen (secondary N) is 1. The number of methoxy groups -OCH3 is 1. The molecule has 2 aromatic carbocycles. The van der Waals surface area contributed by atoms with Gasteiger partial charge in [-0.05, 0) is 36.2 Å². The maximum absolute atomic E-state index is 12.3. The Labute approximate surface area is 129 Å². The Hall–Kier alpha value is -1.56. The van der Waals surface area contributed by atoms with E-state index < -0.39 is 10.0 Å². The number of sulfonamides is 1. The molecule has 0 amide bonds. The Kier molecular flexibility index (Phi) is 5.22. The van der Waals surface area contributed by atoms with Gasteiger partial charge in [0.2, 0.25) is 10.0 Å². The molecule has 4 nitrogen and oxygen atoms in total. The molecule has 1 N–H and O–H groups in total. The van der Waals surface area contributed by atoms with Crippen LogP contribution >= 0.6 is 11.6 Å². The summed E-state index contributed by atoms with van der Waals surface area (Å²) in [5, 5.41) is 0.639. The number of hydrogen-bond acceptors (Lipinski definition) is 3. The SMILES string of the molecule is COc1ccccc1S(=O)(=O)NCCc1cccc(Cl)c1. The third-order valence-electron chi connectivity index (χ3n) is 2.95. The van der Waals surface area contributed by atoms with Crippen molar-refractivity contribution in [3.05, 3.63) is 59.1 Å². The molecule has 0 aromatic heterocycles. The molecule has 0 spiro atoms. The minimum Gasteiger partial charge on any atom is -0.495 e. The molecule has 0 saturated heterocycles. The van der Waals surface area contributed by atoms with E-state index in [1.165, 1.54) is 13.2 Å². The van der Waals surface area contributed by atoms with Crippen molar-refractivity contribution < 1.29 is 13.2 Å². The third-order valence-corrected chi connectivity index (χ3v) is 4.69. The van der Waals surface area contributed by atoms with Crippen molar-refractivity contribution in [2.45, 2.75) is 11.3 Å². The van der Waals surface area contributed by atoms with Crippen LogP contribution in [0.2, 0.25) is 5.02 Å². The highest BCUT2D eigenvalue weighted by molar-refractivity contribution is 7.89. The summed E-state index contributed by atoms with van der Waals surface area (Å²) in [5.41, 5.74) is 0.977. The van der Waals surface area contributed by atoms with Gasteiger partial charge in [0.1, 0.15) is 10.6 Å². The maximum Gasteiger partial charge on any atom is 0.244 e. The highest BCUT2D eigenvalue weighted by atomic mass is 35.5. The molecule has 6 heteroatoms. The summed E-state index contributed by atoms with van der Waals surface area (Å²) >= 11 is 5.89. The van der Waals surface area contributed by atoms with Gasteiger partial charge in [0.15, 0.2) is 0 Å². The van der Waals surface area contributed by atoms with Gasteiger partial charge in [-0.2, -0.15) is 0 Å². The molecule has 2 aromatic rings. The lowest BCUT2D eigenvalue weighted by atomic mass is 10.2. The van der Waals surface area contributed by atoms with E-state index in [9.17, 15) is 8.42 Å². The lowest BCUT2D eigenvalue weighted by Crippen LogP contribution is -2.26. The van der Waals surface area contributed by atoms with Crippen LogP contribution in [0.25, 0.3) is 0 Å². The molecule has 0 aliphatic rings. The van der Waals surface area contributed by atoms with Crippen LogP contribution in [-0.2, 0) is 16.4 Å². The van der Waals surface area contributed by atoms with E-state index in [-0.39, 0.29) is 4.90 Å². The standard InChI is InChI=1S/C15H16ClNO3S/c1-20-14-7-2-3-8-15(14)21(18,19)17-10-9-12-5-4-6-13(16)11-12/h2-8,11,17H,9-10H2,1H3. The molecule has 0 bridgehead atoms. The Morgan fingerprint density at radius 3 is 2.62 bits per heavy atom. The van der Waals surface area contributed by atoms with Gasteiger partial charge in [-0.25, -0.2) is 13.1 Å². The maximum atomic E-state index is 12.3. The first-order valence-corrected chi connectivity index (χ1v) is 8.26. The van der Waals surface area contributed by atoms with Crippen LogP contribution in [0.4, 0.5) is 0 Å². The van der Waals surface area contributed by atoms with Crippen molar-refractivity contribution in [2.24, 2.45) is 0 Å². The third kappa shape index (κ3) is 4.20. The van der Waals surface area contributed by atoms with Gasteiger partial charge in [-0.3, -0.25) is 0 Å². The van der Waals surface area contributed by atoms with Crippen LogP contribution < -0.4 is 9.46 Å². The quantitative estimate of drug-likeness (QED) is 0.888. The molecule has 0 atom stereocenters. The number of para-hydroxylation sites is 1. The predicted octanol–water partition coefficient (Wildman–Crippen LogP) is 2.87. The first kappa shape index (κ1) is 15.8. The summed E-state index contributed by atoms with van der Waals surface area (Å²) in [5.74, 6) is 0.327. The number of benzene rings is 2. The molecular weight excluding hydrogens is 310 g/mol. The van der Waals surface area contributed by atoms with E-state index in [2.05, 4.69) is 4.72 Å². The summed E-state index contributed by atoms with van der Waals surface area (Å²) < 4.78 is 32.1. The van der Waals surface area contributed by atoms with Crippen molar-refractivity contribution in [2.75, 3.05) is 13.7 Å². The van der Waals surface area contributed by atoms with Gasteiger partial charge in [-0.15, -0.1) is 0 Å². The topological polar surface area (TPSA) is 55.4 Å². The van der Waals surface area contributed by atoms with Crippen molar-refractivity contribution in [3.63, 3.8) is 0 Å². The van der Waals surface area contributed by atoms with E-state index in [0.717, 1.165) is 5.56 Å². The number of hydrogen-bond donors (Lipinski definition) is 1. The van der Waals surface area contributed by atoms with Crippen molar-refractivity contribution in [1.82, 2.24) is 4.72 Å². The van der Waals surface area contributed by atoms with Crippen molar-refractivity contribution in [3.8, 4) is 5.75 Å². The van der Waals surface area contributed by atoms with E-state index in [1.54, 1.807) is 24.3 Å². The van der Waals surface area contributed by atoms with Gasteiger partial charge < -0.3 is 4.74 Å². The molecular formula is C15H16ClNO3S. The molecule has 0 aliphatic carbocycles. The van der Waals surface area contributed by atoms with Crippen LogP contribution in [0.1, 0.15) is 5.56 Å². The molecule has 112 valence electrons. The average molecular weight is 326 g/mol. The minimum atomic E-state index is -3.59. The van der Waals surface area contributed by atoms with Crippen LogP contribution in [0.15, 0.2) is 53.4 Å². The number of rotatable bonds is 6. The van der Waals surface area contributed by atoms with Crippen molar-refractivity contribution in [1.29, 1.82) is 0 Å². The molecule has 21 heavy (non-hydrogen) atoms. The summed E-state index contributed by atoms with van der Waals surface area (Å²) in [4.78, 5) is 0.138. The zero-order chi connectivity index (χ0) is 15.3. The Bertz CT molecular complexity index is 716. The first-order valence-electron chi connectivity index (χ1n) is 6.40. The van der Waals surface area contributed by atoms with Crippen LogP contribution in [0.3, 0.4) is 0 Å². The van der Waals surface area contributed by atoms with Gasteiger partial charge in [0, 0.05) is 11.6 Å². The molecule has 0 saturated carbocycles. The molecule has 0 aliphatic heterocycles. The summed E-state index contributed by atoms with van der Waals surface area (Å²) in [6, 6.07) is 13.9. The fourth-order valence-corrected chi connectivity index (χ4v) is 3.35.